The zero-order valence-electron chi connectivity index (χ0n) is 17.9. The number of hydrogen-bond acceptors (Lipinski definition) is 3. The predicted octanol–water partition coefficient (Wildman–Crippen LogP) is 5.05. The van der Waals surface area contributed by atoms with Crippen molar-refractivity contribution in [1.29, 1.82) is 0 Å². The summed E-state index contributed by atoms with van der Waals surface area (Å²) < 4.78 is 29.9. The molecule has 5 nitrogen and oxygen atoms in total. The smallest absolute Gasteiger partial charge is 0.243 e. The van der Waals surface area contributed by atoms with Crippen LogP contribution in [0.15, 0.2) is 59.8 Å². The lowest BCUT2D eigenvalue weighted by atomic mass is 10.0. The predicted molar refractivity (Wildman–Crippen MR) is 122 cm³/mol. The van der Waals surface area contributed by atoms with Crippen LogP contribution in [0.1, 0.15) is 50.8 Å². The van der Waals surface area contributed by atoms with Gasteiger partial charge in [0.05, 0.1) is 4.90 Å². The monoisotopic (exact) mass is 423 g/mol. The van der Waals surface area contributed by atoms with Gasteiger partial charge in [-0.25, -0.2) is 13.4 Å². The van der Waals surface area contributed by atoms with Crippen LogP contribution in [-0.4, -0.2) is 35.4 Å². The molecule has 0 spiro atoms. The highest BCUT2D eigenvalue weighted by atomic mass is 32.2. The van der Waals surface area contributed by atoms with Crippen LogP contribution in [0.3, 0.4) is 0 Å². The van der Waals surface area contributed by atoms with Crippen molar-refractivity contribution in [3.63, 3.8) is 0 Å². The van der Waals surface area contributed by atoms with Gasteiger partial charge in [-0.1, -0.05) is 31.6 Å². The fourth-order valence-electron chi connectivity index (χ4n) is 4.11. The minimum Gasteiger partial charge on any atom is -0.329 e. The molecule has 0 amide bonds. The average Bonchev–Trinajstić information content (AvgIpc) is 3.15. The van der Waals surface area contributed by atoms with Crippen molar-refractivity contribution in [2.45, 2.75) is 51.0 Å². The van der Waals surface area contributed by atoms with Crippen LogP contribution in [0.4, 0.5) is 0 Å². The van der Waals surface area contributed by atoms with Crippen LogP contribution in [0.5, 0.6) is 0 Å². The third kappa shape index (κ3) is 3.82. The highest BCUT2D eigenvalue weighted by Gasteiger charge is 2.27. The van der Waals surface area contributed by atoms with Crippen molar-refractivity contribution in [2.24, 2.45) is 0 Å². The molecule has 3 aromatic rings. The molecule has 0 saturated carbocycles. The molecular formula is C24H29N3O2S. The Labute approximate surface area is 179 Å². The Hall–Kier alpha value is -2.44. The van der Waals surface area contributed by atoms with E-state index in [1.54, 1.807) is 16.4 Å². The van der Waals surface area contributed by atoms with Crippen LogP contribution >= 0.6 is 0 Å². The highest BCUT2D eigenvalue weighted by Crippen LogP contribution is 2.32. The summed E-state index contributed by atoms with van der Waals surface area (Å²) in [6.07, 6.45) is 8.74. The van der Waals surface area contributed by atoms with E-state index in [0.29, 0.717) is 30.4 Å². The second-order valence-corrected chi connectivity index (χ2v) is 10.1. The van der Waals surface area contributed by atoms with Crippen LogP contribution in [0.2, 0.25) is 0 Å². The first kappa shape index (κ1) is 20.8. The number of pyridine rings is 1. The molecule has 1 aliphatic rings. The van der Waals surface area contributed by atoms with Crippen molar-refractivity contribution in [1.82, 2.24) is 13.9 Å². The normalized spacial score (nSPS) is 15.7. The molecule has 3 heterocycles. The summed E-state index contributed by atoms with van der Waals surface area (Å²) in [5, 5.41) is 1.13. The summed E-state index contributed by atoms with van der Waals surface area (Å²) in [6, 6.07) is 11.7. The number of sulfonamides is 1. The van der Waals surface area contributed by atoms with E-state index >= 15 is 0 Å². The van der Waals surface area contributed by atoms with E-state index < -0.39 is 10.0 Å². The molecule has 2 aromatic heterocycles. The molecule has 0 fully saturated rings. The lowest BCUT2D eigenvalue weighted by Crippen LogP contribution is -2.34. The number of fused-ring (bicyclic) bond motifs is 1. The van der Waals surface area contributed by atoms with Crippen molar-refractivity contribution in [3.8, 4) is 0 Å². The summed E-state index contributed by atoms with van der Waals surface area (Å²) in [6.45, 7) is 7.29. The molecule has 1 aromatic carbocycles. The lowest BCUT2D eigenvalue weighted by Gasteiger charge is -2.26. The van der Waals surface area contributed by atoms with Gasteiger partial charge in [0.1, 0.15) is 5.65 Å². The Morgan fingerprint density at radius 2 is 1.90 bits per heavy atom. The van der Waals surface area contributed by atoms with E-state index in [9.17, 15) is 8.42 Å². The van der Waals surface area contributed by atoms with Gasteiger partial charge >= 0.3 is 0 Å². The van der Waals surface area contributed by atoms with Crippen molar-refractivity contribution >= 4 is 26.6 Å². The van der Waals surface area contributed by atoms with Gasteiger partial charge in [0.2, 0.25) is 10.0 Å². The molecule has 0 atom stereocenters. The molecule has 30 heavy (non-hydrogen) atoms. The Morgan fingerprint density at radius 3 is 2.53 bits per heavy atom. The maximum absolute atomic E-state index is 13.1. The SMILES string of the molecule is CCCc1ccc(S(=O)(=O)N2CC=C(c3cn(C(C)C)c4ncccc34)CC2)cc1. The molecule has 158 valence electrons. The minimum atomic E-state index is -3.48. The van der Waals surface area contributed by atoms with Crippen molar-refractivity contribution < 1.29 is 8.42 Å². The lowest BCUT2D eigenvalue weighted by molar-refractivity contribution is 0.441. The second kappa shape index (κ2) is 8.36. The van der Waals surface area contributed by atoms with Crippen LogP contribution < -0.4 is 0 Å². The number of benzene rings is 1. The quantitative estimate of drug-likeness (QED) is 0.558. The van der Waals surface area contributed by atoms with Gasteiger partial charge in [-0.3, -0.25) is 0 Å². The molecule has 0 bridgehead atoms. The fourth-order valence-corrected chi connectivity index (χ4v) is 5.49. The van der Waals surface area contributed by atoms with Crippen LogP contribution in [-0.2, 0) is 16.4 Å². The van der Waals surface area contributed by atoms with Crippen LogP contribution in [0.25, 0.3) is 16.6 Å². The largest absolute Gasteiger partial charge is 0.329 e. The van der Waals surface area contributed by atoms with E-state index in [1.807, 2.05) is 24.4 Å². The molecular weight excluding hydrogens is 394 g/mol. The van der Waals surface area contributed by atoms with Crippen LogP contribution in [0, 0.1) is 0 Å². The maximum Gasteiger partial charge on any atom is 0.243 e. The first-order valence-electron chi connectivity index (χ1n) is 10.7. The third-order valence-electron chi connectivity index (χ3n) is 5.76. The first-order chi connectivity index (χ1) is 14.4. The van der Waals surface area contributed by atoms with Gasteiger partial charge < -0.3 is 4.57 Å². The summed E-state index contributed by atoms with van der Waals surface area (Å²) >= 11 is 0. The molecule has 0 radical (unpaired) electrons. The maximum atomic E-state index is 13.1. The average molecular weight is 424 g/mol. The number of aromatic nitrogens is 2. The van der Waals surface area contributed by atoms with Gasteiger partial charge in [0, 0.05) is 42.5 Å². The molecule has 0 unspecified atom stereocenters. The number of nitrogens with zero attached hydrogens (tertiary/aromatic N) is 3. The zero-order chi connectivity index (χ0) is 21.3. The van der Waals surface area contributed by atoms with E-state index in [0.717, 1.165) is 29.4 Å². The Morgan fingerprint density at radius 1 is 1.13 bits per heavy atom. The van der Waals surface area contributed by atoms with Gasteiger partial charge in [-0.15, -0.1) is 0 Å². The second-order valence-electron chi connectivity index (χ2n) is 8.15. The zero-order valence-corrected chi connectivity index (χ0v) is 18.7. The van der Waals surface area contributed by atoms with Gasteiger partial charge in [0.25, 0.3) is 0 Å². The van der Waals surface area contributed by atoms with Gasteiger partial charge in [-0.05, 0) is 62.1 Å². The van der Waals surface area contributed by atoms with E-state index in [4.69, 9.17) is 0 Å². The standard InChI is InChI=1S/C24H29N3O2S/c1-4-6-19-8-10-21(11-9-19)30(28,29)26-15-12-20(13-16-26)23-17-27(18(2)3)24-22(23)7-5-14-25-24/h5,7-12,14,17-18H,4,6,13,15-16H2,1-3H3. The molecule has 0 saturated heterocycles. The summed E-state index contributed by atoms with van der Waals surface area (Å²) in [7, 11) is -3.48. The third-order valence-corrected chi connectivity index (χ3v) is 7.64. The Bertz CT molecular complexity index is 1170. The summed E-state index contributed by atoms with van der Waals surface area (Å²) in [5.41, 5.74) is 4.50. The summed E-state index contributed by atoms with van der Waals surface area (Å²) in [4.78, 5) is 4.94. The van der Waals surface area contributed by atoms with E-state index in [1.165, 1.54) is 11.1 Å². The molecule has 4 rings (SSSR count). The molecule has 6 heteroatoms. The summed E-state index contributed by atoms with van der Waals surface area (Å²) in [5.74, 6) is 0. The first-order valence-corrected chi connectivity index (χ1v) is 12.1. The Kier molecular flexibility index (Phi) is 5.80. The fraction of sp³-hybridized carbons (Fsp3) is 0.375. The molecule has 0 N–H and O–H groups in total. The number of rotatable bonds is 6. The van der Waals surface area contributed by atoms with E-state index in [2.05, 4.69) is 48.7 Å². The highest BCUT2D eigenvalue weighted by molar-refractivity contribution is 7.89. The van der Waals surface area contributed by atoms with Crippen molar-refractivity contribution in [3.05, 3.63) is 66.0 Å². The van der Waals surface area contributed by atoms with Crippen molar-refractivity contribution in [2.75, 3.05) is 13.1 Å². The van der Waals surface area contributed by atoms with Gasteiger partial charge in [0.15, 0.2) is 0 Å². The topological polar surface area (TPSA) is 55.2 Å². The van der Waals surface area contributed by atoms with Gasteiger partial charge in [-0.2, -0.15) is 4.31 Å². The molecule has 1 aliphatic heterocycles. The minimum absolute atomic E-state index is 0.313. The number of hydrogen-bond donors (Lipinski definition) is 0. The molecule has 0 aliphatic carbocycles. The number of aryl methyl sites for hydroxylation is 1. The van der Waals surface area contributed by atoms with E-state index in [-0.39, 0.29) is 0 Å². The Balaban J connectivity index is 1.59.